The third-order valence-electron chi connectivity index (χ3n) is 8.00. The van der Waals surface area contributed by atoms with Crippen molar-refractivity contribution >= 4 is 22.4 Å². The number of hydrogen-bond donors (Lipinski definition) is 2. The number of H-pyrrole nitrogens is 1. The molecule has 3 aromatic rings. The van der Waals surface area contributed by atoms with E-state index in [1.807, 2.05) is 0 Å². The molecule has 33 heavy (non-hydrogen) atoms. The lowest BCUT2D eigenvalue weighted by atomic mass is 9.62. The van der Waals surface area contributed by atoms with Gasteiger partial charge < -0.3 is 5.32 Å². The second kappa shape index (κ2) is 7.47. The quantitative estimate of drug-likeness (QED) is 0.434. The molecule has 0 radical (unpaired) electrons. The molecule has 170 valence electrons. The van der Waals surface area contributed by atoms with Crippen molar-refractivity contribution in [3.63, 3.8) is 0 Å². The smallest absolute Gasteiger partial charge is 0.220 e. The summed E-state index contributed by atoms with van der Waals surface area (Å²) in [5.74, 6) is -0.430. The Hall–Kier alpha value is -3.08. The maximum Gasteiger partial charge on any atom is 0.220 e. The molecular weight excluding hydrogens is 427 g/mol. The maximum atomic E-state index is 15.8. The van der Waals surface area contributed by atoms with Gasteiger partial charge in [-0.2, -0.15) is 5.10 Å². The third kappa shape index (κ3) is 3.20. The number of nitrogens with one attached hydrogen (secondary N) is 2. The van der Waals surface area contributed by atoms with E-state index in [0.717, 1.165) is 31.7 Å². The van der Waals surface area contributed by atoms with Crippen LogP contribution in [0.25, 0.3) is 27.1 Å². The molecular formula is C25H24F3N5. The van der Waals surface area contributed by atoms with Crippen molar-refractivity contribution in [2.24, 2.45) is 17.8 Å². The number of hydrogen-bond acceptors (Lipinski definition) is 3. The first-order chi connectivity index (χ1) is 16.0. The molecule has 5 nitrogen and oxygen atoms in total. The van der Waals surface area contributed by atoms with Crippen LogP contribution < -0.4 is 5.32 Å². The normalized spacial score (nSPS) is 26.5. The van der Waals surface area contributed by atoms with Gasteiger partial charge in [0.25, 0.3) is 0 Å². The summed E-state index contributed by atoms with van der Waals surface area (Å²) in [4.78, 5) is 8.19. The number of benzene rings is 1. The molecule has 4 fully saturated rings. The van der Waals surface area contributed by atoms with E-state index in [4.69, 9.17) is 6.57 Å². The van der Waals surface area contributed by atoms with E-state index in [1.165, 1.54) is 18.9 Å². The second-order valence-electron chi connectivity index (χ2n) is 9.86. The molecule has 4 saturated carbocycles. The number of aromatic amines is 1. The number of aromatic nitrogens is 3. The number of nitrogens with zero attached hydrogens (tertiary/aromatic N) is 3. The van der Waals surface area contributed by atoms with Crippen LogP contribution in [-0.2, 0) is 0 Å². The van der Waals surface area contributed by atoms with E-state index in [-0.39, 0.29) is 45.8 Å². The van der Waals surface area contributed by atoms with Gasteiger partial charge in [-0.3, -0.25) is 5.10 Å². The zero-order valence-corrected chi connectivity index (χ0v) is 18.3. The lowest BCUT2D eigenvalue weighted by Crippen LogP contribution is -2.47. The summed E-state index contributed by atoms with van der Waals surface area (Å²) in [7, 11) is 0. The summed E-state index contributed by atoms with van der Waals surface area (Å²) in [5.41, 5.74) is 0.836. The molecule has 2 aromatic heterocycles. The van der Waals surface area contributed by atoms with Gasteiger partial charge in [0, 0.05) is 23.1 Å². The average molecular weight is 451 g/mol. The highest BCUT2D eigenvalue weighted by atomic mass is 19.1. The lowest BCUT2D eigenvalue weighted by Gasteiger charge is -2.47. The monoisotopic (exact) mass is 451 g/mol. The number of halogens is 3. The summed E-state index contributed by atoms with van der Waals surface area (Å²) in [5, 5.41) is 10.3. The van der Waals surface area contributed by atoms with Gasteiger partial charge in [0.2, 0.25) is 5.69 Å². The fourth-order valence-corrected chi connectivity index (χ4v) is 6.08. The van der Waals surface area contributed by atoms with Crippen molar-refractivity contribution in [1.29, 1.82) is 0 Å². The Balaban J connectivity index is 1.52. The predicted octanol–water partition coefficient (Wildman–Crippen LogP) is 6.71. The highest BCUT2D eigenvalue weighted by molar-refractivity contribution is 5.96. The minimum atomic E-state index is -0.799. The number of pyridine rings is 1. The van der Waals surface area contributed by atoms with Crippen LogP contribution in [0.4, 0.5) is 24.7 Å². The molecule has 4 aliphatic rings. The number of rotatable bonds is 4. The molecule has 2 bridgehead atoms. The molecule has 2 N–H and O–H groups in total. The molecule has 2 atom stereocenters. The van der Waals surface area contributed by atoms with Gasteiger partial charge in [-0.15, -0.1) is 0 Å². The van der Waals surface area contributed by atoms with E-state index < -0.39 is 17.5 Å². The molecule has 1 aromatic carbocycles. The Morgan fingerprint density at radius 1 is 1.06 bits per heavy atom. The summed E-state index contributed by atoms with van der Waals surface area (Å²) < 4.78 is 44.1. The predicted molar refractivity (Wildman–Crippen MR) is 119 cm³/mol. The van der Waals surface area contributed by atoms with Crippen molar-refractivity contribution < 1.29 is 13.2 Å². The fourth-order valence-electron chi connectivity index (χ4n) is 6.08. The van der Waals surface area contributed by atoms with Gasteiger partial charge in [0.1, 0.15) is 11.3 Å². The zero-order chi connectivity index (χ0) is 22.9. The summed E-state index contributed by atoms with van der Waals surface area (Å²) in [6.07, 6.45) is 6.29. The first-order valence-electron chi connectivity index (χ1n) is 11.7. The Bertz CT molecular complexity index is 1300. The van der Waals surface area contributed by atoms with Crippen LogP contribution in [0.5, 0.6) is 0 Å². The molecule has 7 rings (SSSR count). The van der Waals surface area contributed by atoms with Crippen LogP contribution in [-0.4, -0.2) is 21.2 Å². The van der Waals surface area contributed by atoms with E-state index in [2.05, 4.69) is 32.3 Å². The molecule has 0 aliphatic heterocycles. The minimum absolute atomic E-state index is 0.0332. The van der Waals surface area contributed by atoms with Gasteiger partial charge in [0.05, 0.1) is 18.0 Å². The van der Waals surface area contributed by atoms with Crippen molar-refractivity contribution in [3.05, 3.63) is 46.6 Å². The zero-order valence-electron chi connectivity index (χ0n) is 18.3. The first kappa shape index (κ1) is 20.5. The lowest BCUT2D eigenvalue weighted by molar-refractivity contribution is 0.0926. The van der Waals surface area contributed by atoms with Crippen molar-refractivity contribution in [1.82, 2.24) is 15.2 Å². The van der Waals surface area contributed by atoms with Crippen molar-refractivity contribution in [2.75, 3.05) is 5.32 Å². The topological polar surface area (TPSA) is 58.0 Å². The maximum absolute atomic E-state index is 15.8. The molecule has 0 unspecified atom stereocenters. The Morgan fingerprint density at radius 2 is 1.79 bits per heavy atom. The van der Waals surface area contributed by atoms with E-state index >= 15 is 4.39 Å². The van der Waals surface area contributed by atoms with Crippen LogP contribution in [0, 0.1) is 41.8 Å². The molecule has 0 amide bonds. The Labute approximate surface area is 189 Å². The van der Waals surface area contributed by atoms with Crippen LogP contribution >= 0.6 is 0 Å². The molecule has 8 heteroatoms. The largest absolute Gasteiger partial charge is 0.364 e. The van der Waals surface area contributed by atoms with Gasteiger partial charge in [-0.25, -0.2) is 23.0 Å². The highest BCUT2D eigenvalue weighted by Crippen LogP contribution is 2.51. The van der Waals surface area contributed by atoms with Crippen LogP contribution in [0.2, 0.25) is 0 Å². The Morgan fingerprint density at radius 3 is 2.45 bits per heavy atom. The Kier molecular flexibility index (Phi) is 4.65. The second-order valence-corrected chi connectivity index (χ2v) is 9.86. The van der Waals surface area contributed by atoms with Crippen LogP contribution in [0.3, 0.4) is 0 Å². The molecule has 2 heterocycles. The molecule has 0 spiro atoms. The van der Waals surface area contributed by atoms with Crippen molar-refractivity contribution in [3.8, 4) is 11.4 Å². The summed E-state index contributed by atoms with van der Waals surface area (Å²) >= 11 is 0. The van der Waals surface area contributed by atoms with Crippen LogP contribution in [0.15, 0.2) is 12.1 Å². The van der Waals surface area contributed by atoms with Gasteiger partial charge in [-0.1, -0.05) is 6.92 Å². The third-order valence-corrected chi connectivity index (χ3v) is 8.00. The number of fused-ring (bicyclic) bond motifs is 4. The number of anilines is 1. The molecule has 0 saturated heterocycles. The van der Waals surface area contributed by atoms with Crippen LogP contribution in [0.1, 0.15) is 56.9 Å². The van der Waals surface area contributed by atoms with Crippen molar-refractivity contribution in [2.45, 2.75) is 57.4 Å². The van der Waals surface area contributed by atoms with E-state index in [1.54, 1.807) is 0 Å². The SMILES string of the molecule is [C-]#[N+]c1c(-c2[nH]nc3c(F)cc(F)cc23)nc(N[C@@H]2C3CCC(CC3)[C@H]2C)c(F)c1C1CC1. The minimum Gasteiger partial charge on any atom is -0.364 e. The fraction of sp³-hybridized carbons (Fsp3) is 0.480. The van der Waals surface area contributed by atoms with E-state index in [9.17, 15) is 8.78 Å². The van der Waals surface area contributed by atoms with Gasteiger partial charge in [0.15, 0.2) is 17.5 Å². The van der Waals surface area contributed by atoms with E-state index in [0.29, 0.717) is 23.3 Å². The first-order valence-corrected chi connectivity index (χ1v) is 11.7. The summed E-state index contributed by atoms with van der Waals surface area (Å²) in [6.45, 7) is 9.99. The van der Waals surface area contributed by atoms with Gasteiger partial charge >= 0.3 is 0 Å². The molecule has 4 aliphatic carbocycles. The average Bonchev–Trinajstić information content (AvgIpc) is 3.55. The highest BCUT2D eigenvalue weighted by Gasteiger charge is 2.42. The summed E-state index contributed by atoms with van der Waals surface area (Å²) in [6, 6.07) is 2.05. The standard InChI is InChI=1S/C25H24F3N5/c1-11-12-3-7-14(8-4-12)20(11)30-25-19(28)18(13-5-6-13)23(29-2)24(31-25)22-16-9-15(26)10-17(27)21(16)32-33-22/h9-14,20H,3-8H2,1H3,(H,30,31)(H,32,33)/t11-,12?,14?,20+/m1/s1. The van der Waals surface area contributed by atoms with Gasteiger partial charge in [-0.05, 0) is 68.3 Å².